The second kappa shape index (κ2) is 5.34. The van der Waals surface area contributed by atoms with Crippen molar-refractivity contribution in [3.63, 3.8) is 0 Å². The number of ketones is 1. The van der Waals surface area contributed by atoms with Crippen molar-refractivity contribution in [3.05, 3.63) is 65.7 Å². The van der Waals surface area contributed by atoms with E-state index in [0.717, 1.165) is 0 Å². The molecule has 0 unspecified atom stereocenters. The minimum Gasteiger partial charge on any atom is -0.299 e. The molecule has 0 saturated heterocycles. The van der Waals surface area contributed by atoms with Crippen molar-refractivity contribution in [1.82, 2.24) is 4.98 Å². The Kier molecular flexibility index (Phi) is 3.60. The maximum absolute atomic E-state index is 13.3. The Labute approximate surface area is 99.1 Å². The van der Waals surface area contributed by atoms with E-state index in [1.54, 1.807) is 36.5 Å². The lowest BCUT2D eigenvalue weighted by Crippen LogP contribution is -2.08. The summed E-state index contributed by atoms with van der Waals surface area (Å²) in [6.45, 7) is 0. The Morgan fingerprint density at radius 3 is 2.53 bits per heavy atom. The molecule has 2 rings (SSSR count). The molecule has 3 heteroatoms. The fraction of sp³-hybridized carbons (Fsp3) is 0.143. The van der Waals surface area contributed by atoms with Crippen molar-refractivity contribution >= 4 is 5.78 Å². The summed E-state index contributed by atoms with van der Waals surface area (Å²) < 4.78 is 13.3. The molecule has 0 atom stereocenters. The second-order valence-electron chi connectivity index (χ2n) is 3.80. The number of carbonyl (C=O) groups is 1. The monoisotopic (exact) mass is 229 g/mol. The highest BCUT2D eigenvalue weighted by molar-refractivity contribution is 5.82. The Morgan fingerprint density at radius 2 is 1.82 bits per heavy atom. The van der Waals surface area contributed by atoms with Gasteiger partial charge in [-0.3, -0.25) is 9.78 Å². The predicted octanol–water partition coefficient (Wildman–Crippen LogP) is 2.58. The van der Waals surface area contributed by atoms with E-state index >= 15 is 0 Å². The number of rotatable bonds is 4. The molecular weight excluding hydrogens is 217 g/mol. The highest BCUT2D eigenvalue weighted by Gasteiger charge is 2.08. The van der Waals surface area contributed by atoms with Gasteiger partial charge in [0.15, 0.2) is 0 Å². The molecule has 0 aliphatic carbocycles. The lowest BCUT2D eigenvalue weighted by molar-refractivity contribution is -0.117. The highest BCUT2D eigenvalue weighted by atomic mass is 19.1. The van der Waals surface area contributed by atoms with Crippen molar-refractivity contribution in [1.29, 1.82) is 0 Å². The summed E-state index contributed by atoms with van der Waals surface area (Å²) in [4.78, 5) is 15.8. The van der Waals surface area contributed by atoms with Crippen molar-refractivity contribution in [2.45, 2.75) is 12.8 Å². The summed E-state index contributed by atoms with van der Waals surface area (Å²) in [5.74, 6) is -0.365. The summed E-state index contributed by atoms with van der Waals surface area (Å²) >= 11 is 0. The van der Waals surface area contributed by atoms with Gasteiger partial charge < -0.3 is 0 Å². The van der Waals surface area contributed by atoms with E-state index in [-0.39, 0.29) is 24.4 Å². The van der Waals surface area contributed by atoms with E-state index < -0.39 is 0 Å². The van der Waals surface area contributed by atoms with Crippen LogP contribution in [-0.2, 0) is 17.6 Å². The van der Waals surface area contributed by atoms with Crippen LogP contribution in [0, 0.1) is 5.82 Å². The van der Waals surface area contributed by atoms with Gasteiger partial charge in [-0.2, -0.15) is 0 Å². The van der Waals surface area contributed by atoms with Gasteiger partial charge in [0.05, 0.1) is 0 Å². The topological polar surface area (TPSA) is 30.0 Å². The molecule has 1 aromatic heterocycles. The number of benzene rings is 1. The van der Waals surface area contributed by atoms with E-state index in [0.29, 0.717) is 11.3 Å². The molecule has 0 N–H and O–H groups in total. The first-order valence-electron chi connectivity index (χ1n) is 5.41. The van der Waals surface area contributed by atoms with Crippen LogP contribution in [-0.4, -0.2) is 10.8 Å². The smallest absolute Gasteiger partial charge is 0.143 e. The Bertz CT molecular complexity index is 511. The highest BCUT2D eigenvalue weighted by Crippen LogP contribution is 2.08. The van der Waals surface area contributed by atoms with Gasteiger partial charge in [0.25, 0.3) is 0 Å². The van der Waals surface area contributed by atoms with Gasteiger partial charge >= 0.3 is 0 Å². The third-order valence-corrected chi connectivity index (χ3v) is 2.45. The maximum atomic E-state index is 13.3. The number of hydrogen-bond donors (Lipinski definition) is 0. The SMILES string of the molecule is O=C(Cc1ccccn1)Cc1ccccc1F. The van der Waals surface area contributed by atoms with Crippen molar-refractivity contribution in [3.8, 4) is 0 Å². The van der Waals surface area contributed by atoms with Gasteiger partial charge in [-0.1, -0.05) is 24.3 Å². The maximum Gasteiger partial charge on any atom is 0.143 e. The zero-order valence-electron chi connectivity index (χ0n) is 9.27. The van der Waals surface area contributed by atoms with Crippen LogP contribution in [0.4, 0.5) is 4.39 Å². The average Bonchev–Trinajstić information content (AvgIpc) is 2.33. The summed E-state index contributed by atoms with van der Waals surface area (Å²) in [6.07, 6.45) is 2.00. The van der Waals surface area contributed by atoms with Crippen LogP contribution in [0.15, 0.2) is 48.7 Å². The number of carbonyl (C=O) groups excluding carboxylic acids is 1. The minimum absolute atomic E-state index is 0.0335. The third-order valence-electron chi connectivity index (χ3n) is 2.45. The minimum atomic E-state index is -0.332. The van der Waals surface area contributed by atoms with Crippen LogP contribution in [0.25, 0.3) is 0 Å². The van der Waals surface area contributed by atoms with Crippen LogP contribution in [0.1, 0.15) is 11.3 Å². The van der Waals surface area contributed by atoms with Crippen LogP contribution in [0.5, 0.6) is 0 Å². The van der Waals surface area contributed by atoms with Crippen LogP contribution < -0.4 is 0 Å². The zero-order valence-corrected chi connectivity index (χ0v) is 9.27. The number of aromatic nitrogens is 1. The Balaban J connectivity index is 2.01. The Hall–Kier alpha value is -2.03. The average molecular weight is 229 g/mol. The number of halogens is 1. The molecular formula is C14H12FNO. The first kappa shape index (κ1) is 11.5. The number of Topliss-reactive ketones (excluding diaryl/α,β-unsaturated/α-hetero) is 1. The standard InChI is InChI=1S/C14H12FNO/c15-14-7-2-1-5-11(14)9-13(17)10-12-6-3-4-8-16-12/h1-8H,9-10H2. The van der Waals surface area contributed by atoms with Gasteiger partial charge in [-0.25, -0.2) is 4.39 Å². The first-order valence-corrected chi connectivity index (χ1v) is 5.41. The lowest BCUT2D eigenvalue weighted by Gasteiger charge is -2.02. The zero-order chi connectivity index (χ0) is 12.1. The molecule has 0 amide bonds. The van der Waals surface area contributed by atoms with Crippen LogP contribution >= 0.6 is 0 Å². The molecule has 1 aromatic carbocycles. The number of pyridine rings is 1. The van der Waals surface area contributed by atoms with Crippen molar-refractivity contribution in [2.24, 2.45) is 0 Å². The number of hydrogen-bond acceptors (Lipinski definition) is 2. The van der Waals surface area contributed by atoms with Gasteiger partial charge in [0.2, 0.25) is 0 Å². The normalized spacial score (nSPS) is 10.2. The summed E-state index contributed by atoms with van der Waals surface area (Å²) in [7, 11) is 0. The van der Waals surface area contributed by atoms with E-state index in [1.807, 2.05) is 6.07 Å². The molecule has 2 aromatic rings. The van der Waals surface area contributed by atoms with E-state index in [4.69, 9.17) is 0 Å². The van der Waals surface area contributed by atoms with Crippen LogP contribution in [0.2, 0.25) is 0 Å². The van der Waals surface area contributed by atoms with Crippen molar-refractivity contribution < 1.29 is 9.18 Å². The van der Waals surface area contributed by atoms with E-state index in [1.165, 1.54) is 6.07 Å². The van der Waals surface area contributed by atoms with Gasteiger partial charge in [-0.15, -0.1) is 0 Å². The summed E-state index contributed by atoms with van der Waals surface area (Å²) in [5.41, 5.74) is 1.15. The molecule has 17 heavy (non-hydrogen) atoms. The van der Waals surface area contributed by atoms with Gasteiger partial charge in [0, 0.05) is 24.7 Å². The van der Waals surface area contributed by atoms with Crippen molar-refractivity contribution in [2.75, 3.05) is 0 Å². The summed E-state index contributed by atoms with van der Waals surface area (Å²) in [5, 5.41) is 0. The molecule has 0 spiro atoms. The lowest BCUT2D eigenvalue weighted by atomic mass is 10.1. The molecule has 2 nitrogen and oxygen atoms in total. The fourth-order valence-electron chi connectivity index (χ4n) is 1.62. The molecule has 1 heterocycles. The molecule has 0 bridgehead atoms. The molecule has 0 fully saturated rings. The number of nitrogens with zero attached hydrogens (tertiary/aromatic N) is 1. The molecule has 0 saturated carbocycles. The summed E-state index contributed by atoms with van der Waals surface area (Å²) in [6, 6.07) is 11.8. The second-order valence-corrected chi connectivity index (χ2v) is 3.80. The fourth-order valence-corrected chi connectivity index (χ4v) is 1.62. The molecule has 86 valence electrons. The quantitative estimate of drug-likeness (QED) is 0.806. The Morgan fingerprint density at radius 1 is 1.06 bits per heavy atom. The predicted molar refractivity (Wildman–Crippen MR) is 63.1 cm³/mol. The molecule has 0 aliphatic heterocycles. The van der Waals surface area contributed by atoms with E-state index in [2.05, 4.69) is 4.98 Å². The van der Waals surface area contributed by atoms with Crippen LogP contribution in [0.3, 0.4) is 0 Å². The third kappa shape index (κ3) is 3.21. The van der Waals surface area contributed by atoms with E-state index in [9.17, 15) is 9.18 Å². The first-order chi connectivity index (χ1) is 8.25. The largest absolute Gasteiger partial charge is 0.299 e. The van der Waals surface area contributed by atoms with Gasteiger partial charge in [-0.05, 0) is 23.8 Å². The molecule has 0 radical (unpaired) electrons. The molecule has 0 aliphatic rings. The van der Waals surface area contributed by atoms with Gasteiger partial charge in [0.1, 0.15) is 11.6 Å².